The summed E-state index contributed by atoms with van der Waals surface area (Å²) in [5, 5.41) is 12.4. The highest BCUT2D eigenvalue weighted by Gasteiger charge is 2.19. The van der Waals surface area contributed by atoms with E-state index in [1.807, 2.05) is 24.3 Å². The van der Waals surface area contributed by atoms with Crippen LogP contribution in [0, 0.1) is 0 Å². The minimum Gasteiger partial charge on any atom is -0.493 e. The highest BCUT2D eigenvalue weighted by atomic mass is 32.1. The first-order chi connectivity index (χ1) is 19.2. The summed E-state index contributed by atoms with van der Waals surface area (Å²) in [6.07, 6.45) is 10.1. The van der Waals surface area contributed by atoms with Gasteiger partial charge in [-0.1, -0.05) is 6.08 Å². The smallest absolute Gasteiger partial charge is 0.257 e. The Morgan fingerprint density at radius 1 is 1.00 bits per heavy atom. The zero-order valence-electron chi connectivity index (χ0n) is 21.8. The molecule has 2 aliphatic rings. The van der Waals surface area contributed by atoms with Gasteiger partial charge in [0.15, 0.2) is 11.0 Å². The lowest BCUT2D eigenvalue weighted by Gasteiger charge is -2.15. The molecule has 0 atom stereocenters. The van der Waals surface area contributed by atoms with E-state index in [4.69, 9.17) is 9.47 Å². The minimum atomic E-state index is -0.243. The summed E-state index contributed by atoms with van der Waals surface area (Å²) in [5.74, 6) is 3.42. The minimum absolute atomic E-state index is 0.243. The summed E-state index contributed by atoms with van der Waals surface area (Å²) in [7, 11) is 0. The molecule has 1 amide bonds. The number of benzene rings is 2. The van der Waals surface area contributed by atoms with Crippen molar-refractivity contribution in [1.29, 1.82) is 0 Å². The molecular formula is C30H31N5O3S. The Morgan fingerprint density at radius 3 is 2.67 bits per heavy atom. The Balaban J connectivity index is 1.21. The number of fused-ring (bicyclic) bond motifs is 2. The quantitative estimate of drug-likeness (QED) is 0.189. The lowest BCUT2D eigenvalue weighted by molar-refractivity contribution is 0.102. The fourth-order valence-electron chi connectivity index (χ4n) is 5.01. The molecule has 200 valence electrons. The molecule has 4 aromatic rings. The molecule has 1 aliphatic heterocycles. The van der Waals surface area contributed by atoms with Crippen molar-refractivity contribution < 1.29 is 14.3 Å². The van der Waals surface area contributed by atoms with Crippen molar-refractivity contribution in [3.63, 3.8) is 0 Å². The van der Waals surface area contributed by atoms with Gasteiger partial charge in [-0.2, -0.15) is 0 Å². The van der Waals surface area contributed by atoms with Crippen molar-refractivity contribution >= 4 is 22.4 Å². The van der Waals surface area contributed by atoms with Crippen LogP contribution in [0.1, 0.15) is 58.9 Å². The molecule has 39 heavy (non-hydrogen) atoms. The fraction of sp³-hybridized carbons (Fsp3) is 0.333. The maximum Gasteiger partial charge on any atom is 0.257 e. The number of anilines is 1. The number of nitrogens with zero attached hydrogens (tertiary/aromatic N) is 4. The summed E-state index contributed by atoms with van der Waals surface area (Å²) in [5.41, 5.74) is 2.55. The second kappa shape index (κ2) is 11.4. The predicted octanol–water partition coefficient (Wildman–Crippen LogP) is 6.62. The van der Waals surface area contributed by atoms with Crippen LogP contribution in [-0.4, -0.2) is 32.3 Å². The van der Waals surface area contributed by atoms with E-state index in [2.05, 4.69) is 31.6 Å². The third kappa shape index (κ3) is 5.73. The van der Waals surface area contributed by atoms with E-state index in [0.29, 0.717) is 41.0 Å². The highest BCUT2D eigenvalue weighted by molar-refractivity contribution is 7.15. The zero-order chi connectivity index (χ0) is 26.6. The van der Waals surface area contributed by atoms with E-state index in [-0.39, 0.29) is 5.91 Å². The molecule has 9 heteroatoms. The lowest BCUT2D eigenvalue weighted by Crippen LogP contribution is -2.12. The van der Waals surface area contributed by atoms with E-state index < -0.39 is 0 Å². The first-order valence-electron chi connectivity index (χ1n) is 13.6. The van der Waals surface area contributed by atoms with Crippen molar-refractivity contribution in [2.75, 3.05) is 11.9 Å². The molecule has 1 N–H and O–H groups in total. The standard InChI is InChI=1S/C30H31N5O3S/c1-2-3-16-37-23-17-21(29(36)32-30-31-25-8-4-5-9-26(25)39-30)18-24(19-23)38-22-13-11-20(12-14-22)28-34-33-27-10-6-7-15-35(27)28/h2,11-14,17-19H,1,3-10,15-16H2,(H,31,32,36). The van der Waals surface area contributed by atoms with Gasteiger partial charge in [0, 0.05) is 35.0 Å². The largest absolute Gasteiger partial charge is 0.493 e. The summed E-state index contributed by atoms with van der Waals surface area (Å²) in [4.78, 5) is 19.1. The summed E-state index contributed by atoms with van der Waals surface area (Å²) < 4.78 is 14.3. The van der Waals surface area contributed by atoms with Crippen molar-refractivity contribution in [3.05, 3.63) is 77.1 Å². The molecule has 0 radical (unpaired) electrons. The van der Waals surface area contributed by atoms with Gasteiger partial charge in [0.2, 0.25) is 0 Å². The molecule has 0 unspecified atom stereocenters. The number of amides is 1. The molecule has 3 heterocycles. The number of aryl methyl sites for hydroxylation is 3. The van der Waals surface area contributed by atoms with Gasteiger partial charge in [-0.15, -0.1) is 28.1 Å². The van der Waals surface area contributed by atoms with Gasteiger partial charge in [-0.05, 0) is 81.3 Å². The van der Waals surface area contributed by atoms with Gasteiger partial charge < -0.3 is 14.0 Å². The van der Waals surface area contributed by atoms with Crippen LogP contribution in [0.15, 0.2) is 55.1 Å². The van der Waals surface area contributed by atoms with E-state index in [9.17, 15) is 4.79 Å². The molecule has 0 bridgehead atoms. The van der Waals surface area contributed by atoms with Gasteiger partial charge >= 0.3 is 0 Å². The number of carbonyl (C=O) groups is 1. The number of aromatic nitrogens is 4. The molecule has 2 aromatic carbocycles. The van der Waals surface area contributed by atoms with Crippen LogP contribution in [0.25, 0.3) is 11.4 Å². The Bertz CT molecular complexity index is 1470. The SMILES string of the molecule is C=CCCOc1cc(Oc2ccc(-c3nnc4n3CCCC4)cc2)cc(C(=O)Nc2nc3c(s2)CCCC3)c1. The number of carbonyl (C=O) groups excluding carboxylic acids is 1. The van der Waals surface area contributed by atoms with Crippen LogP contribution < -0.4 is 14.8 Å². The van der Waals surface area contributed by atoms with Crippen molar-refractivity contribution in [3.8, 4) is 28.6 Å². The first kappa shape index (κ1) is 25.3. The monoisotopic (exact) mass is 541 g/mol. The van der Waals surface area contributed by atoms with Crippen LogP contribution in [0.5, 0.6) is 17.2 Å². The van der Waals surface area contributed by atoms with Crippen LogP contribution >= 0.6 is 11.3 Å². The van der Waals surface area contributed by atoms with Crippen molar-refractivity contribution in [1.82, 2.24) is 19.7 Å². The lowest BCUT2D eigenvalue weighted by atomic mass is 10.0. The Morgan fingerprint density at radius 2 is 1.82 bits per heavy atom. The Labute approximate surface area is 231 Å². The van der Waals surface area contributed by atoms with Crippen LogP contribution in [0.2, 0.25) is 0 Å². The van der Waals surface area contributed by atoms with Gasteiger partial charge in [-0.3, -0.25) is 10.1 Å². The maximum absolute atomic E-state index is 13.2. The second-order valence-electron chi connectivity index (χ2n) is 9.84. The number of nitrogens with one attached hydrogen (secondary N) is 1. The number of thiazole rings is 1. The average molecular weight is 542 g/mol. The van der Waals surface area contributed by atoms with Crippen molar-refractivity contribution in [2.24, 2.45) is 0 Å². The molecular weight excluding hydrogens is 510 g/mol. The van der Waals surface area contributed by atoms with Crippen LogP contribution in [-0.2, 0) is 25.8 Å². The predicted molar refractivity (Wildman–Crippen MR) is 152 cm³/mol. The van der Waals surface area contributed by atoms with Gasteiger partial charge in [-0.25, -0.2) is 4.98 Å². The molecule has 0 fully saturated rings. The fourth-order valence-corrected chi connectivity index (χ4v) is 6.05. The van der Waals surface area contributed by atoms with Gasteiger partial charge in [0.1, 0.15) is 23.1 Å². The Hall–Kier alpha value is -3.98. The van der Waals surface area contributed by atoms with Gasteiger partial charge in [0.05, 0.1) is 12.3 Å². The Kier molecular flexibility index (Phi) is 7.40. The van der Waals surface area contributed by atoms with E-state index in [1.165, 1.54) is 11.3 Å². The maximum atomic E-state index is 13.2. The van der Waals surface area contributed by atoms with Crippen LogP contribution in [0.4, 0.5) is 5.13 Å². The van der Waals surface area contributed by atoms with Crippen molar-refractivity contribution in [2.45, 2.75) is 57.9 Å². The number of hydrogen-bond donors (Lipinski definition) is 1. The summed E-state index contributed by atoms with van der Waals surface area (Å²) in [6, 6.07) is 13.1. The number of rotatable bonds is 9. The molecule has 2 aromatic heterocycles. The highest BCUT2D eigenvalue weighted by Crippen LogP contribution is 2.32. The van der Waals surface area contributed by atoms with Crippen LogP contribution in [0.3, 0.4) is 0 Å². The summed E-state index contributed by atoms with van der Waals surface area (Å²) in [6.45, 7) is 5.16. The molecule has 0 spiro atoms. The molecule has 1 aliphatic carbocycles. The van der Waals surface area contributed by atoms with E-state index in [0.717, 1.165) is 68.0 Å². The average Bonchev–Trinajstić information content (AvgIpc) is 3.57. The third-order valence-corrected chi connectivity index (χ3v) is 8.08. The van der Waals surface area contributed by atoms with E-state index >= 15 is 0 Å². The second-order valence-corrected chi connectivity index (χ2v) is 10.9. The normalized spacial score (nSPS) is 14.3. The molecule has 0 saturated heterocycles. The third-order valence-electron chi connectivity index (χ3n) is 7.01. The van der Waals surface area contributed by atoms with Gasteiger partial charge in [0.25, 0.3) is 5.91 Å². The molecule has 6 rings (SSSR count). The zero-order valence-corrected chi connectivity index (χ0v) is 22.6. The summed E-state index contributed by atoms with van der Waals surface area (Å²) >= 11 is 1.57. The molecule has 8 nitrogen and oxygen atoms in total. The molecule has 0 saturated carbocycles. The van der Waals surface area contributed by atoms with E-state index in [1.54, 1.807) is 35.6 Å². The topological polar surface area (TPSA) is 91.2 Å². The number of ether oxygens (including phenoxy) is 2. The number of hydrogen-bond acceptors (Lipinski definition) is 7. The first-order valence-corrected chi connectivity index (χ1v) is 14.4.